The molecule has 0 radical (unpaired) electrons. The Bertz CT molecular complexity index is 1070. The molecule has 3 aromatic carbocycles. The first-order valence-corrected chi connectivity index (χ1v) is 8.80. The Morgan fingerprint density at radius 3 is 2.56 bits per heavy atom. The summed E-state index contributed by atoms with van der Waals surface area (Å²) >= 11 is 0. The lowest BCUT2D eigenvalue weighted by atomic mass is 10.0. The molecule has 0 aliphatic heterocycles. The van der Waals surface area contributed by atoms with Crippen LogP contribution < -0.4 is 5.32 Å². The van der Waals surface area contributed by atoms with Crippen molar-refractivity contribution < 1.29 is 4.79 Å². The van der Waals surface area contributed by atoms with Gasteiger partial charge >= 0.3 is 6.03 Å². The highest BCUT2D eigenvalue weighted by atomic mass is 16.2. The van der Waals surface area contributed by atoms with Crippen LogP contribution in [0.3, 0.4) is 0 Å². The molecule has 5 nitrogen and oxygen atoms in total. The van der Waals surface area contributed by atoms with Crippen molar-refractivity contribution >= 4 is 22.6 Å². The minimum atomic E-state index is -0.193. The summed E-state index contributed by atoms with van der Waals surface area (Å²) in [5, 5.41) is 9.60. The van der Waals surface area contributed by atoms with Gasteiger partial charge in [0.25, 0.3) is 0 Å². The van der Waals surface area contributed by atoms with Gasteiger partial charge in [0, 0.05) is 25.9 Å². The highest BCUT2D eigenvalue weighted by Gasteiger charge is 2.12. The number of benzene rings is 3. The summed E-state index contributed by atoms with van der Waals surface area (Å²) in [6, 6.07) is 25.7. The lowest BCUT2D eigenvalue weighted by Crippen LogP contribution is -2.31. The van der Waals surface area contributed by atoms with E-state index < -0.39 is 0 Å². The lowest BCUT2D eigenvalue weighted by Gasteiger charge is -2.18. The standard InChI is InChI=1S/C22H20N4O/c1-25(16-18-10-7-9-17-8-5-6-13-20(17)18)22(27)23-21-14-15-26(24-21)19-11-3-2-4-12-19/h2-15H,16H2,1H3,(H,23,24,27). The van der Waals surface area contributed by atoms with E-state index in [1.807, 2.05) is 54.7 Å². The number of carbonyl (C=O) groups excluding carboxylic acids is 1. The molecule has 4 aromatic rings. The lowest BCUT2D eigenvalue weighted by molar-refractivity contribution is 0.221. The van der Waals surface area contributed by atoms with Crippen molar-refractivity contribution in [2.24, 2.45) is 0 Å². The Morgan fingerprint density at radius 2 is 1.70 bits per heavy atom. The Hall–Kier alpha value is -3.60. The van der Waals surface area contributed by atoms with Crippen molar-refractivity contribution in [3.8, 4) is 5.69 Å². The van der Waals surface area contributed by atoms with Gasteiger partial charge in [0.15, 0.2) is 5.82 Å². The number of rotatable bonds is 4. The zero-order chi connectivity index (χ0) is 18.6. The number of hydrogen-bond acceptors (Lipinski definition) is 2. The average Bonchev–Trinajstić information content (AvgIpc) is 3.17. The van der Waals surface area contributed by atoms with Crippen molar-refractivity contribution in [3.05, 3.63) is 90.6 Å². The van der Waals surface area contributed by atoms with Crippen molar-refractivity contribution in [2.45, 2.75) is 6.54 Å². The van der Waals surface area contributed by atoms with Gasteiger partial charge in [-0.3, -0.25) is 5.32 Å². The first-order valence-electron chi connectivity index (χ1n) is 8.80. The summed E-state index contributed by atoms with van der Waals surface area (Å²) < 4.78 is 1.74. The molecule has 134 valence electrons. The third kappa shape index (κ3) is 3.67. The molecule has 4 rings (SSSR count). The molecule has 1 heterocycles. The van der Waals surface area contributed by atoms with Crippen molar-refractivity contribution in [1.29, 1.82) is 0 Å². The topological polar surface area (TPSA) is 50.2 Å². The van der Waals surface area contributed by atoms with E-state index in [4.69, 9.17) is 0 Å². The Balaban J connectivity index is 1.46. The molecule has 0 saturated carbocycles. The van der Waals surface area contributed by atoms with Crippen LogP contribution >= 0.6 is 0 Å². The normalized spacial score (nSPS) is 10.7. The monoisotopic (exact) mass is 356 g/mol. The fourth-order valence-corrected chi connectivity index (χ4v) is 3.08. The van der Waals surface area contributed by atoms with Crippen LogP contribution in [0.4, 0.5) is 10.6 Å². The molecule has 27 heavy (non-hydrogen) atoms. The number of carbonyl (C=O) groups is 1. The molecule has 0 bridgehead atoms. The largest absolute Gasteiger partial charge is 0.323 e. The molecular weight excluding hydrogens is 336 g/mol. The quantitative estimate of drug-likeness (QED) is 0.577. The maximum Gasteiger partial charge on any atom is 0.323 e. The van der Waals surface area contributed by atoms with E-state index in [0.717, 1.165) is 16.6 Å². The van der Waals surface area contributed by atoms with Crippen LogP contribution in [0, 0.1) is 0 Å². The van der Waals surface area contributed by atoms with Gasteiger partial charge in [0.1, 0.15) is 0 Å². The van der Waals surface area contributed by atoms with Gasteiger partial charge in [-0.15, -0.1) is 5.10 Å². The van der Waals surface area contributed by atoms with Crippen LogP contribution in [0.1, 0.15) is 5.56 Å². The van der Waals surface area contributed by atoms with Crippen LogP contribution in [0.2, 0.25) is 0 Å². The third-order valence-electron chi connectivity index (χ3n) is 4.48. The molecule has 0 fully saturated rings. The smallest absolute Gasteiger partial charge is 0.323 e. The number of fused-ring (bicyclic) bond motifs is 1. The first-order chi connectivity index (χ1) is 13.2. The van der Waals surface area contributed by atoms with Crippen LogP contribution in [0.25, 0.3) is 16.5 Å². The summed E-state index contributed by atoms with van der Waals surface area (Å²) in [6.07, 6.45) is 1.83. The van der Waals surface area contributed by atoms with Crippen LogP contribution in [-0.2, 0) is 6.54 Å². The van der Waals surface area contributed by atoms with Gasteiger partial charge in [-0.1, -0.05) is 60.7 Å². The summed E-state index contributed by atoms with van der Waals surface area (Å²) in [7, 11) is 1.78. The van der Waals surface area contributed by atoms with E-state index in [9.17, 15) is 4.79 Å². The number of nitrogens with one attached hydrogen (secondary N) is 1. The van der Waals surface area contributed by atoms with Crippen molar-refractivity contribution in [2.75, 3.05) is 12.4 Å². The number of hydrogen-bond donors (Lipinski definition) is 1. The number of amides is 2. The molecule has 0 aliphatic carbocycles. The van der Waals surface area contributed by atoms with E-state index in [-0.39, 0.29) is 6.03 Å². The second-order valence-electron chi connectivity index (χ2n) is 6.41. The zero-order valence-corrected chi connectivity index (χ0v) is 15.0. The van der Waals surface area contributed by atoms with E-state index in [0.29, 0.717) is 12.4 Å². The number of aromatic nitrogens is 2. The number of nitrogens with zero attached hydrogens (tertiary/aromatic N) is 3. The highest BCUT2D eigenvalue weighted by molar-refractivity contribution is 5.89. The molecule has 0 unspecified atom stereocenters. The van der Waals surface area contributed by atoms with E-state index >= 15 is 0 Å². The number of anilines is 1. The molecular formula is C22H20N4O. The second kappa shape index (κ2) is 7.33. The molecule has 2 amide bonds. The Kier molecular flexibility index (Phi) is 4.58. The number of urea groups is 1. The van der Waals surface area contributed by atoms with Crippen LogP contribution in [0.15, 0.2) is 85.1 Å². The summed E-state index contributed by atoms with van der Waals surface area (Å²) in [6.45, 7) is 0.520. The van der Waals surface area contributed by atoms with Gasteiger partial charge in [0.05, 0.1) is 5.69 Å². The van der Waals surface area contributed by atoms with E-state index in [2.05, 4.69) is 34.7 Å². The predicted molar refractivity (Wildman–Crippen MR) is 108 cm³/mol. The van der Waals surface area contributed by atoms with Gasteiger partial charge in [-0.05, 0) is 28.5 Å². The van der Waals surface area contributed by atoms with E-state index in [1.165, 1.54) is 5.39 Å². The summed E-state index contributed by atoms with van der Waals surface area (Å²) in [5.74, 6) is 0.522. The second-order valence-corrected chi connectivity index (χ2v) is 6.41. The average molecular weight is 356 g/mol. The maximum absolute atomic E-state index is 12.6. The van der Waals surface area contributed by atoms with Gasteiger partial charge in [-0.2, -0.15) is 0 Å². The number of para-hydroxylation sites is 1. The fourth-order valence-electron chi connectivity index (χ4n) is 3.08. The third-order valence-corrected chi connectivity index (χ3v) is 4.48. The maximum atomic E-state index is 12.6. The zero-order valence-electron chi connectivity index (χ0n) is 15.0. The van der Waals surface area contributed by atoms with Crippen molar-refractivity contribution in [1.82, 2.24) is 14.7 Å². The molecule has 0 spiro atoms. The Labute approximate surface area is 157 Å². The van der Waals surface area contributed by atoms with Gasteiger partial charge in [-0.25, -0.2) is 9.48 Å². The van der Waals surface area contributed by atoms with Crippen LogP contribution in [-0.4, -0.2) is 27.8 Å². The Morgan fingerprint density at radius 1 is 0.963 bits per heavy atom. The SMILES string of the molecule is CN(Cc1cccc2ccccc12)C(=O)Nc1ccn(-c2ccccc2)n1. The van der Waals surface area contributed by atoms with Gasteiger partial charge in [0.2, 0.25) is 0 Å². The van der Waals surface area contributed by atoms with Gasteiger partial charge < -0.3 is 4.90 Å². The van der Waals surface area contributed by atoms with Crippen LogP contribution in [0.5, 0.6) is 0 Å². The first kappa shape index (κ1) is 16.8. The minimum Gasteiger partial charge on any atom is -0.323 e. The minimum absolute atomic E-state index is 0.193. The summed E-state index contributed by atoms with van der Waals surface area (Å²) in [5.41, 5.74) is 2.06. The predicted octanol–water partition coefficient (Wildman–Crippen LogP) is 4.69. The molecule has 1 aromatic heterocycles. The summed E-state index contributed by atoms with van der Waals surface area (Å²) in [4.78, 5) is 14.2. The molecule has 5 heteroatoms. The highest BCUT2D eigenvalue weighted by Crippen LogP contribution is 2.20. The molecule has 0 atom stereocenters. The van der Waals surface area contributed by atoms with E-state index in [1.54, 1.807) is 22.7 Å². The molecule has 0 aliphatic rings. The molecule has 0 saturated heterocycles. The fraction of sp³-hybridized carbons (Fsp3) is 0.0909. The molecule has 1 N–H and O–H groups in total. The van der Waals surface area contributed by atoms with Crippen molar-refractivity contribution in [3.63, 3.8) is 0 Å².